The summed E-state index contributed by atoms with van der Waals surface area (Å²) in [4.78, 5) is 0. The van der Waals surface area contributed by atoms with E-state index in [0.29, 0.717) is 0 Å². The standard InChI is InChI=1S/C17H26N2/c1-4-15-7-9-16(10-8-15)13-19-12-6-5-11-17(2,3)14-18/h7-10,19H,4-6,11-13H2,1-3H3. The van der Waals surface area contributed by atoms with Crippen molar-refractivity contribution >= 4 is 0 Å². The highest BCUT2D eigenvalue weighted by atomic mass is 14.8. The van der Waals surface area contributed by atoms with Gasteiger partial charge in [-0.2, -0.15) is 5.26 Å². The van der Waals surface area contributed by atoms with Gasteiger partial charge in [0.2, 0.25) is 0 Å². The lowest BCUT2D eigenvalue weighted by Gasteiger charge is -2.14. The molecule has 0 aromatic heterocycles. The van der Waals surface area contributed by atoms with Crippen LogP contribution in [-0.2, 0) is 13.0 Å². The Morgan fingerprint density at radius 1 is 1.11 bits per heavy atom. The second-order valence-electron chi connectivity index (χ2n) is 5.80. The predicted octanol–water partition coefficient (Wildman–Crippen LogP) is 4.06. The van der Waals surface area contributed by atoms with Gasteiger partial charge in [0, 0.05) is 6.54 Å². The summed E-state index contributed by atoms with van der Waals surface area (Å²) in [6.07, 6.45) is 4.33. The van der Waals surface area contributed by atoms with Gasteiger partial charge in [-0.1, -0.05) is 37.6 Å². The first-order valence-corrected chi connectivity index (χ1v) is 7.27. The van der Waals surface area contributed by atoms with Gasteiger partial charge in [-0.3, -0.25) is 0 Å². The third kappa shape index (κ3) is 6.40. The van der Waals surface area contributed by atoms with Gasteiger partial charge in [0.25, 0.3) is 0 Å². The average Bonchev–Trinajstić information content (AvgIpc) is 2.43. The zero-order valence-electron chi connectivity index (χ0n) is 12.5. The molecule has 0 radical (unpaired) electrons. The monoisotopic (exact) mass is 258 g/mol. The molecule has 0 aliphatic carbocycles. The lowest BCUT2D eigenvalue weighted by atomic mass is 9.89. The number of nitriles is 1. The lowest BCUT2D eigenvalue weighted by Crippen LogP contribution is -2.15. The third-order valence-electron chi connectivity index (χ3n) is 3.47. The molecule has 0 amide bonds. The van der Waals surface area contributed by atoms with Crippen LogP contribution in [0, 0.1) is 16.7 Å². The summed E-state index contributed by atoms with van der Waals surface area (Å²) in [5.41, 5.74) is 2.56. The van der Waals surface area contributed by atoms with Crippen LogP contribution in [0.4, 0.5) is 0 Å². The number of rotatable bonds is 8. The van der Waals surface area contributed by atoms with E-state index in [4.69, 9.17) is 5.26 Å². The molecule has 0 unspecified atom stereocenters. The maximum atomic E-state index is 8.92. The van der Waals surface area contributed by atoms with Crippen molar-refractivity contribution in [1.29, 1.82) is 5.26 Å². The number of hydrogen-bond donors (Lipinski definition) is 1. The molecule has 1 N–H and O–H groups in total. The van der Waals surface area contributed by atoms with E-state index in [-0.39, 0.29) is 5.41 Å². The van der Waals surface area contributed by atoms with E-state index in [0.717, 1.165) is 38.8 Å². The molecule has 0 atom stereocenters. The minimum atomic E-state index is -0.171. The van der Waals surface area contributed by atoms with Crippen LogP contribution in [0.1, 0.15) is 51.2 Å². The summed E-state index contributed by atoms with van der Waals surface area (Å²) in [7, 11) is 0. The summed E-state index contributed by atoms with van der Waals surface area (Å²) >= 11 is 0. The lowest BCUT2D eigenvalue weighted by molar-refractivity contribution is 0.422. The predicted molar refractivity (Wildman–Crippen MR) is 80.8 cm³/mol. The van der Waals surface area contributed by atoms with E-state index in [1.54, 1.807) is 0 Å². The molecule has 0 spiro atoms. The third-order valence-corrected chi connectivity index (χ3v) is 3.47. The van der Waals surface area contributed by atoms with Crippen LogP contribution in [0.2, 0.25) is 0 Å². The minimum absolute atomic E-state index is 0.171. The Balaban J connectivity index is 2.12. The number of hydrogen-bond acceptors (Lipinski definition) is 2. The van der Waals surface area contributed by atoms with E-state index in [9.17, 15) is 0 Å². The molecule has 1 aromatic carbocycles. The number of aryl methyl sites for hydroxylation is 1. The fourth-order valence-electron chi connectivity index (χ4n) is 2.00. The summed E-state index contributed by atoms with van der Waals surface area (Å²) < 4.78 is 0. The van der Waals surface area contributed by atoms with E-state index in [1.807, 2.05) is 13.8 Å². The molecular weight excluding hydrogens is 232 g/mol. The van der Waals surface area contributed by atoms with E-state index >= 15 is 0 Å². The maximum absolute atomic E-state index is 8.92. The van der Waals surface area contributed by atoms with Gasteiger partial charge in [-0.05, 0) is 50.8 Å². The van der Waals surface area contributed by atoms with Crippen LogP contribution in [0.25, 0.3) is 0 Å². The molecule has 0 saturated carbocycles. The van der Waals surface area contributed by atoms with Gasteiger partial charge in [0.05, 0.1) is 11.5 Å². The van der Waals surface area contributed by atoms with Crippen molar-refractivity contribution in [3.63, 3.8) is 0 Å². The first kappa shape index (κ1) is 15.7. The smallest absolute Gasteiger partial charge is 0.0683 e. The van der Waals surface area contributed by atoms with Gasteiger partial charge in [-0.25, -0.2) is 0 Å². The molecule has 0 heterocycles. The Labute approximate surface area is 117 Å². The SMILES string of the molecule is CCc1ccc(CNCCCCC(C)(C)C#N)cc1. The average molecular weight is 258 g/mol. The van der Waals surface area contributed by atoms with Crippen molar-refractivity contribution in [2.24, 2.45) is 5.41 Å². The highest BCUT2D eigenvalue weighted by molar-refractivity contribution is 5.22. The quantitative estimate of drug-likeness (QED) is 0.714. The van der Waals surface area contributed by atoms with Crippen molar-refractivity contribution < 1.29 is 0 Å². The van der Waals surface area contributed by atoms with Crippen molar-refractivity contribution in [2.75, 3.05) is 6.54 Å². The molecule has 2 heteroatoms. The number of benzene rings is 1. The fraction of sp³-hybridized carbons (Fsp3) is 0.588. The first-order valence-electron chi connectivity index (χ1n) is 7.27. The van der Waals surface area contributed by atoms with Gasteiger partial charge < -0.3 is 5.32 Å². The molecule has 0 saturated heterocycles. The first-order chi connectivity index (χ1) is 9.07. The molecule has 0 bridgehead atoms. The van der Waals surface area contributed by atoms with Crippen LogP contribution in [0.15, 0.2) is 24.3 Å². The molecule has 0 aliphatic rings. The Kier molecular flexibility index (Phi) is 6.59. The van der Waals surface area contributed by atoms with Gasteiger partial charge in [-0.15, -0.1) is 0 Å². The van der Waals surface area contributed by atoms with Crippen LogP contribution in [0.3, 0.4) is 0 Å². The molecule has 2 nitrogen and oxygen atoms in total. The van der Waals surface area contributed by atoms with Crippen LogP contribution in [0.5, 0.6) is 0 Å². The van der Waals surface area contributed by atoms with Gasteiger partial charge in [0.1, 0.15) is 0 Å². The Morgan fingerprint density at radius 2 is 1.74 bits per heavy atom. The summed E-state index contributed by atoms with van der Waals surface area (Å²) in [5, 5.41) is 12.4. The van der Waals surface area contributed by atoms with Crippen molar-refractivity contribution in [1.82, 2.24) is 5.32 Å². The van der Waals surface area contributed by atoms with Crippen LogP contribution < -0.4 is 5.32 Å². The summed E-state index contributed by atoms with van der Waals surface area (Å²) in [6.45, 7) is 8.16. The molecule has 19 heavy (non-hydrogen) atoms. The minimum Gasteiger partial charge on any atom is -0.313 e. The Bertz CT molecular complexity index is 398. The normalized spacial score (nSPS) is 11.3. The maximum Gasteiger partial charge on any atom is 0.0683 e. The zero-order chi connectivity index (χ0) is 14.1. The highest BCUT2D eigenvalue weighted by Crippen LogP contribution is 2.21. The van der Waals surface area contributed by atoms with E-state index in [2.05, 4.69) is 42.6 Å². The van der Waals surface area contributed by atoms with E-state index in [1.165, 1.54) is 11.1 Å². The zero-order valence-corrected chi connectivity index (χ0v) is 12.5. The highest BCUT2D eigenvalue weighted by Gasteiger charge is 2.15. The van der Waals surface area contributed by atoms with Gasteiger partial charge >= 0.3 is 0 Å². The number of nitrogens with one attached hydrogen (secondary N) is 1. The molecule has 104 valence electrons. The van der Waals surface area contributed by atoms with Crippen LogP contribution >= 0.6 is 0 Å². The summed E-state index contributed by atoms with van der Waals surface area (Å²) in [5.74, 6) is 0. The number of unbranched alkanes of at least 4 members (excludes halogenated alkanes) is 1. The Hall–Kier alpha value is -1.33. The molecular formula is C17H26N2. The summed E-state index contributed by atoms with van der Waals surface area (Å²) in [6, 6.07) is 11.1. The second-order valence-corrected chi connectivity index (χ2v) is 5.80. The number of nitrogens with zero attached hydrogens (tertiary/aromatic N) is 1. The van der Waals surface area contributed by atoms with Crippen molar-refractivity contribution in [3.8, 4) is 6.07 Å². The Morgan fingerprint density at radius 3 is 2.32 bits per heavy atom. The molecule has 1 aromatic rings. The molecule has 0 aliphatic heterocycles. The molecule has 1 rings (SSSR count). The largest absolute Gasteiger partial charge is 0.313 e. The van der Waals surface area contributed by atoms with E-state index < -0.39 is 0 Å². The molecule has 0 fully saturated rings. The van der Waals surface area contributed by atoms with Crippen molar-refractivity contribution in [2.45, 2.75) is 53.0 Å². The second kappa shape index (κ2) is 7.96. The van der Waals surface area contributed by atoms with Crippen LogP contribution in [-0.4, -0.2) is 6.54 Å². The van der Waals surface area contributed by atoms with Crippen molar-refractivity contribution in [3.05, 3.63) is 35.4 Å². The van der Waals surface area contributed by atoms with Gasteiger partial charge in [0.15, 0.2) is 0 Å². The fourth-order valence-corrected chi connectivity index (χ4v) is 2.00. The topological polar surface area (TPSA) is 35.8 Å².